The number of rotatable bonds is 6. The predicted molar refractivity (Wildman–Crippen MR) is 83.1 cm³/mol. The summed E-state index contributed by atoms with van der Waals surface area (Å²) in [4.78, 5) is 13.7. The van der Waals surface area contributed by atoms with Gasteiger partial charge in [0, 0.05) is 24.3 Å². The molecule has 0 aliphatic rings. The minimum absolute atomic E-state index is 0.0618. The zero-order valence-corrected chi connectivity index (χ0v) is 12.9. The molecule has 0 unspecified atom stereocenters. The summed E-state index contributed by atoms with van der Waals surface area (Å²) < 4.78 is 0. The van der Waals surface area contributed by atoms with Gasteiger partial charge in [-0.15, -0.1) is 0 Å². The number of anilines is 1. The number of amides is 1. The zero-order chi connectivity index (χ0) is 15.8. The molecule has 7 heteroatoms. The number of benzene rings is 1. The second-order valence-corrected chi connectivity index (χ2v) is 4.93. The van der Waals surface area contributed by atoms with Gasteiger partial charge in [0.1, 0.15) is 11.6 Å². The largest absolute Gasteiger partial charge is 0.395 e. The van der Waals surface area contributed by atoms with Crippen molar-refractivity contribution < 1.29 is 9.90 Å². The highest BCUT2D eigenvalue weighted by Crippen LogP contribution is 2.25. The summed E-state index contributed by atoms with van der Waals surface area (Å²) in [6, 6.07) is 6.48. The topological polar surface area (TPSA) is 76.4 Å². The highest BCUT2D eigenvalue weighted by molar-refractivity contribution is 6.36. The maximum absolute atomic E-state index is 12.1. The lowest BCUT2D eigenvalue weighted by atomic mass is 10.2. The Morgan fingerprint density at radius 3 is 2.76 bits per heavy atom. The minimum Gasteiger partial charge on any atom is -0.395 e. The van der Waals surface area contributed by atoms with Crippen molar-refractivity contribution in [1.29, 1.82) is 5.26 Å². The van der Waals surface area contributed by atoms with E-state index in [9.17, 15) is 4.79 Å². The molecule has 0 aliphatic carbocycles. The van der Waals surface area contributed by atoms with Gasteiger partial charge in [-0.1, -0.05) is 23.2 Å². The van der Waals surface area contributed by atoms with Gasteiger partial charge in [0.05, 0.1) is 17.3 Å². The summed E-state index contributed by atoms with van der Waals surface area (Å²) >= 11 is 11.7. The van der Waals surface area contributed by atoms with Crippen LogP contribution in [0, 0.1) is 11.3 Å². The molecule has 112 valence electrons. The SMILES string of the molecule is CCN(/C=C(/C#N)C(=O)Nc1ccc(Cl)cc1Cl)CCO. The fourth-order valence-electron chi connectivity index (χ4n) is 1.54. The van der Waals surface area contributed by atoms with Gasteiger partial charge in [0.25, 0.3) is 5.91 Å². The van der Waals surface area contributed by atoms with Crippen LogP contribution in [-0.4, -0.2) is 35.6 Å². The first-order valence-electron chi connectivity index (χ1n) is 6.25. The van der Waals surface area contributed by atoms with Gasteiger partial charge in [0.2, 0.25) is 0 Å². The van der Waals surface area contributed by atoms with Crippen molar-refractivity contribution in [3.05, 3.63) is 40.0 Å². The molecule has 0 bridgehead atoms. The maximum atomic E-state index is 12.1. The Bertz CT molecular complexity index is 582. The molecular formula is C14H15Cl2N3O2. The molecule has 0 spiro atoms. The van der Waals surface area contributed by atoms with E-state index in [2.05, 4.69) is 5.32 Å². The van der Waals surface area contributed by atoms with Gasteiger partial charge in [0.15, 0.2) is 0 Å². The van der Waals surface area contributed by atoms with Crippen LogP contribution in [0.25, 0.3) is 0 Å². The van der Waals surface area contributed by atoms with E-state index in [1.807, 2.05) is 13.0 Å². The summed E-state index contributed by atoms with van der Waals surface area (Å²) in [5.74, 6) is -0.571. The lowest BCUT2D eigenvalue weighted by molar-refractivity contribution is -0.112. The fourth-order valence-corrected chi connectivity index (χ4v) is 2.00. The van der Waals surface area contributed by atoms with Gasteiger partial charge in [-0.3, -0.25) is 4.79 Å². The standard InChI is InChI=1S/C14H15Cl2N3O2/c1-2-19(5-6-20)9-10(8-17)14(21)18-13-4-3-11(15)7-12(13)16/h3-4,7,9,20H,2,5-6H2,1H3,(H,18,21)/b10-9-. The van der Waals surface area contributed by atoms with Crippen LogP contribution >= 0.6 is 23.2 Å². The van der Waals surface area contributed by atoms with Gasteiger partial charge in [-0.25, -0.2) is 0 Å². The third-order valence-corrected chi connectivity index (χ3v) is 3.20. The van der Waals surface area contributed by atoms with Crippen molar-refractivity contribution in [2.75, 3.05) is 25.0 Å². The molecule has 0 aliphatic heterocycles. The van der Waals surface area contributed by atoms with Crippen LogP contribution in [0.4, 0.5) is 5.69 Å². The number of likely N-dealkylation sites (N-methyl/N-ethyl adjacent to an activating group) is 1. The number of hydrogen-bond donors (Lipinski definition) is 2. The van der Waals surface area contributed by atoms with Crippen molar-refractivity contribution in [3.8, 4) is 6.07 Å². The van der Waals surface area contributed by atoms with E-state index in [-0.39, 0.29) is 17.2 Å². The number of carbonyl (C=O) groups excluding carboxylic acids is 1. The number of aliphatic hydroxyl groups is 1. The van der Waals surface area contributed by atoms with E-state index in [1.54, 1.807) is 17.0 Å². The van der Waals surface area contributed by atoms with E-state index in [0.717, 1.165) is 0 Å². The van der Waals surface area contributed by atoms with Crippen LogP contribution in [0.5, 0.6) is 0 Å². The second-order valence-electron chi connectivity index (χ2n) is 4.09. The summed E-state index contributed by atoms with van der Waals surface area (Å²) in [6.07, 6.45) is 1.41. The van der Waals surface area contributed by atoms with E-state index in [4.69, 9.17) is 33.6 Å². The van der Waals surface area contributed by atoms with Crippen LogP contribution < -0.4 is 5.32 Å². The molecule has 0 fully saturated rings. The average Bonchev–Trinajstić information content (AvgIpc) is 2.46. The van der Waals surface area contributed by atoms with Crippen molar-refractivity contribution in [2.24, 2.45) is 0 Å². The number of nitrogens with zero attached hydrogens (tertiary/aromatic N) is 2. The Morgan fingerprint density at radius 2 is 2.24 bits per heavy atom. The summed E-state index contributed by atoms with van der Waals surface area (Å²) in [5.41, 5.74) is 0.300. The van der Waals surface area contributed by atoms with Gasteiger partial charge >= 0.3 is 0 Å². The highest BCUT2D eigenvalue weighted by Gasteiger charge is 2.13. The minimum atomic E-state index is -0.571. The molecule has 0 radical (unpaired) electrons. The first kappa shape index (κ1) is 17.3. The maximum Gasteiger partial charge on any atom is 0.267 e. The summed E-state index contributed by atoms with van der Waals surface area (Å²) in [7, 11) is 0. The first-order chi connectivity index (χ1) is 10.0. The molecule has 0 aromatic heterocycles. The Kier molecular flexibility index (Phi) is 7.03. The van der Waals surface area contributed by atoms with Crippen LogP contribution in [0.2, 0.25) is 10.0 Å². The van der Waals surface area contributed by atoms with Crippen molar-refractivity contribution in [2.45, 2.75) is 6.92 Å². The van der Waals surface area contributed by atoms with Gasteiger partial charge in [-0.2, -0.15) is 5.26 Å². The Hall–Kier alpha value is -1.74. The second kappa shape index (κ2) is 8.53. The molecule has 5 nitrogen and oxygen atoms in total. The molecule has 2 N–H and O–H groups in total. The average molecular weight is 328 g/mol. The van der Waals surface area contributed by atoms with Gasteiger partial charge < -0.3 is 15.3 Å². The van der Waals surface area contributed by atoms with Crippen LogP contribution in [0.1, 0.15) is 6.92 Å². The third-order valence-electron chi connectivity index (χ3n) is 2.65. The molecule has 0 saturated heterocycles. The molecular weight excluding hydrogens is 313 g/mol. The van der Waals surface area contributed by atoms with Crippen LogP contribution in [-0.2, 0) is 4.79 Å². The predicted octanol–water partition coefficient (Wildman–Crippen LogP) is 2.65. The fraction of sp³-hybridized carbons (Fsp3) is 0.286. The number of aliphatic hydroxyl groups excluding tert-OH is 1. The van der Waals surface area contributed by atoms with Crippen LogP contribution in [0.15, 0.2) is 30.0 Å². The molecule has 1 rings (SSSR count). The molecule has 1 aromatic carbocycles. The number of carbonyl (C=O) groups is 1. The van der Waals surface area contributed by atoms with E-state index >= 15 is 0 Å². The van der Waals surface area contributed by atoms with E-state index in [0.29, 0.717) is 23.8 Å². The first-order valence-corrected chi connectivity index (χ1v) is 7.00. The van der Waals surface area contributed by atoms with Crippen molar-refractivity contribution >= 4 is 34.8 Å². The highest BCUT2D eigenvalue weighted by atomic mass is 35.5. The smallest absolute Gasteiger partial charge is 0.267 e. The Labute approximate surface area is 133 Å². The van der Waals surface area contributed by atoms with Crippen molar-refractivity contribution in [1.82, 2.24) is 4.90 Å². The number of halogens is 2. The molecule has 1 aromatic rings. The summed E-state index contributed by atoms with van der Waals surface area (Å²) in [6.45, 7) is 2.71. The third kappa shape index (κ3) is 5.27. The Morgan fingerprint density at radius 1 is 1.52 bits per heavy atom. The van der Waals surface area contributed by atoms with Gasteiger partial charge in [-0.05, 0) is 25.1 Å². The zero-order valence-electron chi connectivity index (χ0n) is 11.4. The normalized spacial score (nSPS) is 10.9. The van der Waals surface area contributed by atoms with E-state index in [1.165, 1.54) is 12.3 Å². The molecule has 0 atom stereocenters. The molecule has 1 amide bonds. The van der Waals surface area contributed by atoms with E-state index < -0.39 is 5.91 Å². The summed E-state index contributed by atoms with van der Waals surface area (Å²) in [5, 5.41) is 21.3. The van der Waals surface area contributed by atoms with Crippen LogP contribution in [0.3, 0.4) is 0 Å². The molecule has 21 heavy (non-hydrogen) atoms. The Balaban J connectivity index is 2.89. The lowest BCUT2D eigenvalue weighted by Gasteiger charge is -2.17. The quantitative estimate of drug-likeness (QED) is 0.622. The molecule has 0 heterocycles. The number of nitriles is 1. The van der Waals surface area contributed by atoms with Crippen molar-refractivity contribution in [3.63, 3.8) is 0 Å². The number of nitrogens with one attached hydrogen (secondary N) is 1. The monoisotopic (exact) mass is 327 g/mol. The lowest BCUT2D eigenvalue weighted by Crippen LogP contribution is -2.23. The number of hydrogen-bond acceptors (Lipinski definition) is 4. The molecule has 0 saturated carbocycles.